The Hall–Kier alpha value is -0.810. The lowest BCUT2D eigenvalue weighted by Gasteiger charge is -2.40. The monoisotopic (exact) mass is 389 g/mol. The van der Waals surface area contributed by atoms with E-state index in [1.807, 2.05) is 41.5 Å². The Balaban J connectivity index is 0.00000232. The number of amides is 1. The van der Waals surface area contributed by atoms with Gasteiger partial charge in [0.1, 0.15) is 11.2 Å². The van der Waals surface area contributed by atoms with Gasteiger partial charge in [-0.2, -0.15) is 0 Å². The van der Waals surface area contributed by atoms with Crippen molar-refractivity contribution in [1.82, 2.24) is 4.90 Å². The summed E-state index contributed by atoms with van der Waals surface area (Å²) in [6.45, 7) is 16.2. The molecule has 5 heteroatoms. The first-order chi connectivity index (χ1) is 10.6. The molecule has 0 aromatic heterocycles. The lowest BCUT2D eigenvalue weighted by Crippen LogP contribution is -2.52. The Morgan fingerprint density at radius 2 is 2.00 bits per heavy atom. The van der Waals surface area contributed by atoms with E-state index in [9.17, 15) is 9.90 Å². The van der Waals surface area contributed by atoms with Crippen molar-refractivity contribution in [2.45, 2.75) is 72.0 Å². The minimum atomic E-state index is -1.06. The molecule has 1 amide bonds. The van der Waals surface area contributed by atoms with Gasteiger partial charge in [-0.25, -0.2) is 4.79 Å². The molecular formula is C18H32BrNO3. The molecule has 0 aromatic rings. The third-order valence-corrected chi connectivity index (χ3v) is 4.42. The van der Waals surface area contributed by atoms with E-state index in [-0.39, 0.29) is 12.6 Å². The first-order valence-electron chi connectivity index (χ1n) is 8.35. The number of hydrogen-bond donors (Lipinski definition) is 1. The minimum Gasteiger partial charge on any atom is -0.444 e. The second kappa shape index (κ2) is 9.48. The SMILES string of the molecule is C=C/C(=C(/Br)CC)C1(O)CCCN(C(=O)OC(C)(C)C)C1.CC. The molecule has 23 heavy (non-hydrogen) atoms. The average Bonchev–Trinajstić information content (AvgIpc) is 2.47. The van der Waals surface area contributed by atoms with Gasteiger partial charge < -0.3 is 14.7 Å². The maximum atomic E-state index is 12.2. The second-order valence-corrected chi connectivity index (χ2v) is 7.37. The lowest BCUT2D eigenvalue weighted by atomic mass is 9.85. The maximum absolute atomic E-state index is 12.2. The van der Waals surface area contributed by atoms with E-state index in [1.165, 1.54) is 0 Å². The molecule has 1 aliphatic heterocycles. The molecule has 4 nitrogen and oxygen atoms in total. The second-order valence-electron chi connectivity index (χ2n) is 6.41. The number of ether oxygens (including phenoxy) is 1. The molecule has 1 N–H and O–H groups in total. The number of β-amino-alcohol motifs (C(OH)–C–C–N with tert-alkyl or cyclic N) is 1. The Labute approximate surface area is 149 Å². The van der Waals surface area contributed by atoms with Crippen molar-refractivity contribution >= 4 is 22.0 Å². The van der Waals surface area contributed by atoms with Gasteiger partial charge in [-0.15, -0.1) is 0 Å². The van der Waals surface area contributed by atoms with Crippen molar-refractivity contribution in [3.05, 3.63) is 22.7 Å². The van der Waals surface area contributed by atoms with Crippen molar-refractivity contribution < 1.29 is 14.6 Å². The van der Waals surface area contributed by atoms with Gasteiger partial charge >= 0.3 is 6.09 Å². The van der Waals surface area contributed by atoms with Gasteiger partial charge in [0.05, 0.1) is 6.54 Å². The Bertz CT molecular complexity index is 440. The fourth-order valence-corrected chi connectivity index (χ4v) is 3.01. The third-order valence-electron chi connectivity index (χ3n) is 3.43. The summed E-state index contributed by atoms with van der Waals surface area (Å²) in [5.41, 5.74) is -0.835. The number of nitrogens with zero attached hydrogens (tertiary/aromatic N) is 1. The highest BCUT2D eigenvalue weighted by molar-refractivity contribution is 9.11. The summed E-state index contributed by atoms with van der Waals surface area (Å²) in [4.78, 5) is 13.8. The number of aliphatic hydroxyl groups is 1. The van der Waals surface area contributed by atoms with Crippen molar-refractivity contribution in [3.8, 4) is 0 Å². The molecule has 1 saturated heterocycles. The topological polar surface area (TPSA) is 49.8 Å². The predicted molar refractivity (Wildman–Crippen MR) is 99.8 cm³/mol. The van der Waals surface area contributed by atoms with Crippen LogP contribution in [0.25, 0.3) is 0 Å². The number of halogens is 1. The van der Waals surface area contributed by atoms with Gasteiger partial charge in [0.25, 0.3) is 0 Å². The van der Waals surface area contributed by atoms with E-state index < -0.39 is 11.2 Å². The van der Waals surface area contributed by atoms with Crippen LogP contribution in [0.4, 0.5) is 4.79 Å². The number of hydrogen-bond acceptors (Lipinski definition) is 3. The zero-order valence-electron chi connectivity index (χ0n) is 15.4. The molecule has 1 heterocycles. The number of carbonyl (C=O) groups is 1. The molecule has 0 saturated carbocycles. The standard InChI is InChI=1S/C16H26BrNO3.C2H6/c1-6-12(13(17)7-2)16(20)9-8-10-18(11-16)14(19)21-15(3,4)5;1-2/h6,20H,1,7-11H2,2-5H3;1-2H3/b13-12-;. The Morgan fingerprint density at radius 1 is 1.43 bits per heavy atom. The summed E-state index contributed by atoms with van der Waals surface area (Å²) in [7, 11) is 0. The van der Waals surface area contributed by atoms with Gasteiger partial charge in [0.15, 0.2) is 0 Å². The van der Waals surface area contributed by atoms with Crippen molar-refractivity contribution in [2.75, 3.05) is 13.1 Å². The van der Waals surface area contributed by atoms with Crippen LogP contribution < -0.4 is 0 Å². The number of allylic oxidation sites excluding steroid dienone is 1. The van der Waals surface area contributed by atoms with E-state index >= 15 is 0 Å². The Kier molecular flexibility index (Phi) is 9.14. The molecule has 1 unspecified atom stereocenters. The molecule has 1 fully saturated rings. The van der Waals surface area contributed by atoms with Gasteiger partial charge in [-0.05, 0) is 45.6 Å². The van der Waals surface area contributed by atoms with E-state index in [1.54, 1.807) is 11.0 Å². The highest BCUT2D eigenvalue weighted by Crippen LogP contribution is 2.34. The van der Waals surface area contributed by atoms with Crippen molar-refractivity contribution in [1.29, 1.82) is 0 Å². The van der Waals surface area contributed by atoms with Gasteiger partial charge in [0, 0.05) is 11.0 Å². The molecule has 1 aliphatic rings. The van der Waals surface area contributed by atoms with Crippen LogP contribution in [0.1, 0.15) is 60.8 Å². The van der Waals surface area contributed by atoms with Crippen LogP contribution in [0.3, 0.4) is 0 Å². The molecule has 0 bridgehead atoms. The first-order valence-corrected chi connectivity index (χ1v) is 9.14. The van der Waals surface area contributed by atoms with Crippen LogP contribution in [0.5, 0.6) is 0 Å². The lowest BCUT2D eigenvalue weighted by molar-refractivity contribution is -0.0227. The fourth-order valence-electron chi connectivity index (χ4n) is 2.48. The fraction of sp³-hybridized carbons (Fsp3) is 0.722. The van der Waals surface area contributed by atoms with Crippen molar-refractivity contribution in [3.63, 3.8) is 0 Å². The summed E-state index contributed by atoms with van der Waals surface area (Å²) in [6.07, 6.45) is 3.42. The first kappa shape index (κ1) is 22.2. The summed E-state index contributed by atoms with van der Waals surface area (Å²) in [6, 6.07) is 0. The summed E-state index contributed by atoms with van der Waals surface area (Å²) in [5, 5.41) is 10.9. The van der Waals surface area contributed by atoms with Crippen molar-refractivity contribution in [2.24, 2.45) is 0 Å². The highest BCUT2D eigenvalue weighted by atomic mass is 79.9. The number of likely N-dealkylation sites (tertiary alicyclic amines) is 1. The van der Waals surface area contributed by atoms with Crippen LogP contribution in [0.15, 0.2) is 22.7 Å². The molecule has 0 aromatic carbocycles. The maximum Gasteiger partial charge on any atom is 0.410 e. The molecule has 0 spiro atoms. The number of rotatable bonds is 3. The van der Waals surface area contributed by atoms with Gasteiger partial charge in [0.2, 0.25) is 0 Å². The van der Waals surface area contributed by atoms with Gasteiger partial charge in [-0.1, -0.05) is 49.4 Å². The van der Waals surface area contributed by atoms with Gasteiger partial charge in [-0.3, -0.25) is 0 Å². The minimum absolute atomic E-state index is 0.234. The molecule has 1 atom stereocenters. The normalized spacial score (nSPS) is 22.5. The van der Waals surface area contributed by atoms with Crippen LogP contribution in [0, 0.1) is 0 Å². The van der Waals surface area contributed by atoms with Crippen LogP contribution in [0.2, 0.25) is 0 Å². The molecular weight excluding hydrogens is 358 g/mol. The number of piperidine rings is 1. The average molecular weight is 390 g/mol. The zero-order valence-corrected chi connectivity index (χ0v) is 17.0. The van der Waals surface area contributed by atoms with E-state index in [0.29, 0.717) is 13.0 Å². The largest absolute Gasteiger partial charge is 0.444 e. The zero-order chi connectivity index (χ0) is 18.3. The molecule has 0 aliphatic carbocycles. The van der Waals surface area contributed by atoms with Crippen LogP contribution in [-0.4, -0.2) is 40.4 Å². The highest BCUT2D eigenvalue weighted by Gasteiger charge is 2.39. The van der Waals surface area contributed by atoms with E-state index in [2.05, 4.69) is 22.5 Å². The summed E-state index contributed by atoms with van der Waals surface area (Å²) >= 11 is 3.49. The smallest absolute Gasteiger partial charge is 0.410 e. The summed E-state index contributed by atoms with van der Waals surface area (Å²) < 4.78 is 6.32. The molecule has 0 radical (unpaired) electrons. The number of carbonyl (C=O) groups excluding carboxylic acids is 1. The molecule has 1 rings (SSSR count). The predicted octanol–water partition coefficient (Wildman–Crippen LogP) is 5.02. The van der Waals surface area contributed by atoms with Crippen LogP contribution in [-0.2, 0) is 4.74 Å². The van der Waals surface area contributed by atoms with E-state index in [4.69, 9.17) is 4.74 Å². The Morgan fingerprint density at radius 3 is 2.43 bits per heavy atom. The quantitative estimate of drug-likeness (QED) is 0.689. The summed E-state index contributed by atoms with van der Waals surface area (Å²) in [5.74, 6) is 0. The van der Waals surface area contributed by atoms with E-state index in [0.717, 1.165) is 22.9 Å². The molecule has 134 valence electrons. The third kappa shape index (κ3) is 6.68. The van der Waals surface area contributed by atoms with Crippen LogP contribution >= 0.6 is 15.9 Å².